The van der Waals surface area contributed by atoms with E-state index in [0.717, 1.165) is 30.9 Å². The third-order valence-corrected chi connectivity index (χ3v) is 4.43. The largest absolute Gasteiger partial charge is 0.476 e. The van der Waals surface area contributed by atoms with Crippen molar-refractivity contribution < 1.29 is 9.90 Å². The molecule has 1 aromatic heterocycles. The Labute approximate surface area is 113 Å². The van der Waals surface area contributed by atoms with Gasteiger partial charge >= 0.3 is 5.97 Å². The zero-order valence-corrected chi connectivity index (χ0v) is 11.4. The number of hydrogen-bond acceptors (Lipinski definition) is 3. The molecule has 2 N–H and O–H groups in total. The van der Waals surface area contributed by atoms with Crippen LogP contribution in [0.5, 0.6) is 0 Å². The zero-order valence-electron chi connectivity index (χ0n) is 11.4. The van der Waals surface area contributed by atoms with Crippen molar-refractivity contribution in [1.29, 1.82) is 0 Å². The number of carbonyl (C=O) groups is 1. The lowest BCUT2D eigenvalue weighted by atomic mass is 10.0. The van der Waals surface area contributed by atoms with Gasteiger partial charge in [-0.05, 0) is 32.6 Å². The number of aromatic carboxylic acids is 1. The van der Waals surface area contributed by atoms with Crippen LogP contribution in [0, 0.1) is 6.92 Å². The topological polar surface area (TPSA) is 67.1 Å². The molecule has 104 valence electrons. The van der Waals surface area contributed by atoms with Gasteiger partial charge in [-0.25, -0.2) is 9.78 Å². The Morgan fingerprint density at radius 3 is 2.74 bits per heavy atom. The van der Waals surface area contributed by atoms with Gasteiger partial charge in [0.05, 0.1) is 5.69 Å². The van der Waals surface area contributed by atoms with Crippen LogP contribution < -0.4 is 5.32 Å². The van der Waals surface area contributed by atoms with E-state index in [4.69, 9.17) is 5.11 Å². The van der Waals surface area contributed by atoms with E-state index < -0.39 is 5.97 Å². The molecule has 1 aliphatic heterocycles. The quantitative estimate of drug-likeness (QED) is 0.871. The molecular weight excluding hydrogens is 242 g/mol. The van der Waals surface area contributed by atoms with Crippen LogP contribution in [-0.4, -0.2) is 32.7 Å². The SMILES string of the molecule is Cc1nc(C(=O)O)c2n1CC(NC1CCCC1)CC2. The average molecular weight is 263 g/mol. The van der Waals surface area contributed by atoms with E-state index in [1.165, 1.54) is 25.7 Å². The Hall–Kier alpha value is -1.36. The molecule has 0 radical (unpaired) electrons. The monoisotopic (exact) mass is 263 g/mol. The van der Waals surface area contributed by atoms with Gasteiger partial charge in [-0.1, -0.05) is 12.8 Å². The first-order valence-corrected chi connectivity index (χ1v) is 7.20. The van der Waals surface area contributed by atoms with Gasteiger partial charge in [0.25, 0.3) is 0 Å². The molecule has 2 aliphatic rings. The van der Waals surface area contributed by atoms with Crippen LogP contribution in [0.25, 0.3) is 0 Å². The molecule has 0 saturated heterocycles. The second kappa shape index (κ2) is 4.96. The molecule has 1 aliphatic carbocycles. The van der Waals surface area contributed by atoms with Gasteiger partial charge in [-0.3, -0.25) is 0 Å². The van der Waals surface area contributed by atoms with Crippen molar-refractivity contribution in [3.63, 3.8) is 0 Å². The lowest BCUT2D eigenvalue weighted by Crippen LogP contribution is -2.42. The molecule has 2 heterocycles. The van der Waals surface area contributed by atoms with Crippen LogP contribution in [0.2, 0.25) is 0 Å². The van der Waals surface area contributed by atoms with Crippen LogP contribution in [0.3, 0.4) is 0 Å². The highest BCUT2D eigenvalue weighted by atomic mass is 16.4. The van der Waals surface area contributed by atoms with Crippen molar-refractivity contribution in [1.82, 2.24) is 14.9 Å². The summed E-state index contributed by atoms with van der Waals surface area (Å²) in [5, 5.41) is 12.9. The van der Waals surface area contributed by atoms with E-state index in [0.29, 0.717) is 12.1 Å². The standard InChI is InChI=1S/C14H21N3O2/c1-9-15-13(14(18)19)12-7-6-11(8-17(9)12)16-10-4-2-3-5-10/h10-11,16H,2-8H2,1H3,(H,18,19). The van der Waals surface area contributed by atoms with E-state index in [1.807, 2.05) is 6.92 Å². The number of carboxylic acids is 1. The molecule has 1 unspecified atom stereocenters. The molecule has 0 bridgehead atoms. The minimum absolute atomic E-state index is 0.247. The molecule has 5 nitrogen and oxygen atoms in total. The zero-order chi connectivity index (χ0) is 13.4. The number of carboxylic acid groups (broad SMARTS) is 1. The van der Waals surface area contributed by atoms with Gasteiger partial charge in [0.2, 0.25) is 0 Å². The molecule has 1 aromatic rings. The summed E-state index contributed by atoms with van der Waals surface area (Å²) in [6, 6.07) is 1.12. The summed E-state index contributed by atoms with van der Waals surface area (Å²) in [7, 11) is 0. The second-order valence-electron chi connectivity index (χ2n) is 5.75. The Bertz CT molecular complexity index is 489. The number of aryl methyl sites for hydroxylation is 1. The molecule has 0 spiro atoms. The first-order chi connectivity index (χ1) is 9.15. The van der Waals surface area contributed by atoms with Gasteiger partial charge in [0, 0.05) is 18.6 Å². The highest BCUT2D eigenvalue weighted by molar-refractivity contribution is 5.86. The lowest BCUT2D eigenvalue weighted by Gasteiger charge is -2.28. The van der Waals surface area contributed by atoms with E-state index in [2.05, 4.69) is 14.9 Å². The smallest absolute Gasteiger partial charge is 0.356 e. The van der Waals surface area contributed by atoms with Crippen LogP contribution >= 0.6 is 0 Å². The van der Waals surface area contributed by atoms with Crippen LogP contribution in [0.1, 0.15) is 54.1 Å². The number of rotatable bonds is 3. The van der Waals surface area contributed by atoms with E-state index >= 15 is 0 Å². The summed E-state index contributed by atoms with van der Waals surface area (Å²) >= 11 is 0. The number of nitrogens with zero attached hydrogens (tertiary/aromatic N) is 2. The molecule has 0 amide bonds. The molecule has 1 fully saturated rings. The normalized spacial score (nSPS) is 23.5. The molecular formula is C14H21N3O2. The summed E-state index contributed by atoms with van der Waals surface area (Å²) in [5.74, 6) is -0.0793. The summed E-state index contributed by atoms with van der Waals surface area (Å²) in [6.45, 7) is 2.76. The maximum Gasteiger partial charge on any atom is 0.356 e. The van der Waals surface area contributed by atoms with Crippen molar-refractivity contribution in [3.05, 3.63) is 17.2 Å². The van der Waals surface area contributed by atoms with Crippen molar-refractivity contribution in [2.75, 3.05) is 0 Å². The third-order valence-electron chi connectivity index (χ3n) is 4.43. The fourth-order valence-electron chi connectivity index (χ4n) is 3.46. The molecule has 1 saturated carbocycles. The first kappa shape index (κ1) is 12.7. The Morgan fingerprint density at radius 1 is 1.32 bits per heavy atom. The summed E-state index contributed by atoms with van der Waals surface area (Å²) in [6.07, 6.45) is 7.07. The van der Waals surface area contributed by atoms with E-state index in [1.54, 1.807) is 0 Å². The van der Waals surface area contributed by atoms with Gasteiger partial charge in [-0.15, -0.1) is 0 Å². The number of nitrogens with one attached hydrogen (secondary N) is 1. The molecule has 3 rings (SSSR count). The van der Waals surface area contributed by atoms with Crippen molar-refractivity contribution in [3.8, 4) is 0 Å². The predicted molar refractivity (Wildman–Crippen MR) is 71.4 cm³/mol. The number of hydrogen-bond donors (Lipinski definition) is 2. The average Bonchev–Trinajstić information content (AvgIpc) is 2.98. The second-order valence-corrected chi connectivity index (χ2v) is 5.75. The Kier molecular flexibility index (Phi) is 3.31. The van der Waals surface area contributed by atoms with Gasteiger partial charge in [-0.2, -0.15) is 0 Å². The minimum atomic E-state index is -0.904. The Balaban J connectivity index is 1.74. The molecule has 19 heavy (non-hydrogen) atoms. The number of fused-ring (bicyclic) bond motifs is 1. The summed E-state index contributed by atoms with van der Waals surface area (Å²) < 4.78 is 2.08. The minimum Gasteiger partial charge on any atom is -0.476 e. The maximum atomic E-state index is 11.2. The molecule has 5 heteroatoms. The molecule has 1 atom stereocenters. The van der Waals surface area contributed by atoms with Crippen LogP contribution in [0.4, 0.5) is 0 Å². The highest BCUT2D eigenvalue weighted by Crippen LogP contribution is 2.24. The highest BCUT2D eigenvalue weighted by Gasteiger charge is 2.28. The van der Waals surface area contributed by atoms with Crippen LogP contribution in [-0.2, 0) is 13.0 Å². The third kappa shape index (κ3) is 2.39. The van der Waals surface area contributed by atoms with Gasteiger partial charge in [0.1, 0.15) is 5.82 Å². The Morgan fingerprint density at radius 2 is 2.05 bits per heavy atom. The summed E-state index contributed by atoms with van der Waals surface area (Å²) in [5.41, 5.74) is 1.14. The van der Waals surface area contributed by atoms with Crippen molar-refractivity contribution in [2.24, 2.45) is 0 Å². The van der Waals surface area contributed by atoms with Crippen molar-refractivity contribution in [2.45, 2.75) is 64.1 Å². The van der Waals surface area contributed by atoms with Crippen LogP contribution in [0.15, 0.2) is 0 Å². The lowest BCUT2D eigenvalue weighted by molar-refractivity contribution is 0.0689. The number of aromatic nitrogens is 2. The fraction of sp³-hybridized carbons (Fsp3) is 0.714. The molecule has 0 aromatic carbocycles. The maximum absolute atomic E-state index is 11.2. The fourth-order valence-corrected chi connectivity index (χ4v) is 3.46. The van der Waals surface area contributed by atoms with Crippen molar-refractivity contribution >= 4 is 5.97 Å². The van der Waals surface area contributed by atoms with Gasteiger partial charge < -0.3 is 15.0 Å². The summed E-state index contributed by atoms with van der Waals surface area (Å²) in [4.78, 5) is 15.3. The van der Waals surface area contributed by atoms with Gasteiger partial charge in [0.15, 0.2) is 5.69 Å². The number of imidazole rings is 1. The predicted octanol–water partition coefficient (Wildman–Crippen LogP) is 1.74. The van der Waals surface area contributed by atoms with E-state index in [9.17, 15) is 4.79 Å². The first-order valence-electron chi connectivity index (χ1n) is 7.20. The van der Waals surface area contributed by atoms with E-state index in [-0.39, 0.29) is 5.69 Å².